The maximum Gasteiger partial charge on any atom is 0.310 e. The number of carbonyl (C=O) groups is 2. The van der Waals surface area contributed by atoms with Crippen molar-refractivity contribution in [3.8, 4) is 0 Å². The summed E-state index contributed by atoms with van der Waals surface area (Å²) in [5, 5.41) is 10.2. The number of nitrogens with one attached hydrogen (secondary N) is 2. The molecule has 1 aliphatic rings. The number of methoxy groups -OCH3 is 1. The summed E-state index contributed by atoms with van der Waals surface area (Å²) in [4.78, 5) is 23.7. The van der Waals surface area contributed by atoms with Crippen LogP contribution in [0.25, 0.3) is 0 Å². The SMILES string of the molecule is COC(=O)C(C)CNC(=O)[C@H]1CNC[C@@H]1c1cnn(C)c1.Cl. The largest absolute Gasteiger partial charge is 0.469 e. The van der Waals surface area contributed by atoms with Gasteiger partial charge in [-0.1, -0.05) is 6.92 Å². The van der Waals surface area contributed by atoms with E-state index < -0.39 is 0 Å². The Labute approximate surface area is 136 Å². The van der Waals surface area contributed by atoms with E-state index in [1.807, 2.05) is 13.2 Å². The van der Waals surface area contributed by atoms with Crippen LogP contribution in [0.1, 0.15) is 18.4 Å². The first-order valence-electron chi connectivity index (χ1n) is 7.07. The van der Waals surface area contributed by atoms with Gasteiger partial charge in [0.05, 0.1) is 25.1 Å². The lowest BCUT2D eigenvalue weighted by Gasteiger charge is -2.18. The molecule has 1 aromatic heterocycles. The zero-order valence-electron chi connectivity index (χ0n) is 13.0. The zero-order chi connectivity index (χ0) is 15.4. The summed E-state index contributed by atoms with van der Waals surface area (Å²) in [6.45, 7) is 3.42. The number of nitrogens with zero attached hydrogens (tertiary/aromatic N) is 2. The summed E-state index contributed by atoms with van der Waals surface area (Å²) in [5.41, 5.74) is 1.06. The second kappa shape index (κ2) is 8.14. The van der Waals surface area contributed by atoms with Crippen LogP contribution in [0.4, 0.5) is 0 Å². The molecule has 3 atom stereocenters. The maximum atomic E-state index is 12.3. The summed E-state index contributed by atoms with van der Waals surface area (Å²) in [7, 11) is 3.21. The molecule has 1 fully saturated rings. The number of carbonyl (C=O) groups excluding carboxylic acids is 2. The van der Waals surface area contributed by atoms with Crippen LogP contribution in [0, 0.1) is 11.8 Å². The molecule has 22 heavy (non-hydrogen) atoms. The second-order valence-corrected chi connectivity index (χ2v) is 5.49. The van der Waals surface area contributed by atoms with Gasteiger partial charge in [-0.2, -0.15) is 5.10 Å². The van der Waals surface area contributed by atoms with Gasteiger partial charge in [0.2, 0.25) is 5.91 Å². The van der Waals surface area contributed by atoms with E-state index in [1.54, 1.807) is 17.8 Å². The fourth-order valence-electron chi connectivity index (χ4n) is 2.61. The molecule has 0 aromatic carbocycles. The highest BCUT2D eigenvalue weighted by atomic mass is 35.5. The summed E-state index contributed by atoms with van der Waals surface area (Å²) in [6.07, 6.45) is 3.74. The van der Waals surface area contributed by atoms with Gasteiger partial charge in [0.1, 0.15) is 0 Å². The molecule has 124 valence electrons. The Hall–Kier alpha value is -1.60. The molecule has 2 N–H and O–H groups in total. The van der Waals surface area contributed by atoms with Gasteiger partial charge < -0.3 is 15.4 Å². The van der Waals surface area contributed by atoms with Crippen molar-refractivity contribution >= 4 is 24.3 Å². The fraction of sp³-hybridized carbons (Fsp3) is 0.643. The van der Waals surface area contributed by atoms with E-state index in [0.717, 1.165) is 12.1 Å². The third-order valence-corrected chi connectivity index (χ3v) is 3.89. The zero-order valence-corrected chi connectivity index (χ0v) is 13.9. The molecule has 1 unspecified atom stereocenters. The van der Waals surface area contributed by atoms with Crippen molar-refractivity contribution in [3.63, 3.8) is 0 Å². The first-order valence-corrected chi connectivity index (χ1v) is 7.07. The molecule has 1 aliphatic heterocycles. The molecule has 8 heteroatoms. The maximum absolute atomic E-state index is 12.3. The van der Waals surface area contributed by atoms with Crippen molar-refractivity contribution in [2.45, 2.75) is 12.8 Å². The van der Waals surface area contributed by atoms with Gasteiger partial charge in [0, 0.05) is 38.8 Å². The molecule has 2 rings (SSSR count). The van der Waals surface area contributed by atoms with Gasteiger partial charge >= 0.3 is 5.97 Å². The van der Waals surface area contributed by atoms with E-state index in [-0.39, 0.29) is 42.0 Å². The van der Waals surface area contributed by atoms with Gasteiger partial charge in [-0.15, -0.1) is 12.4 Å². The fourth-order valence-corrected chi connectivity index (χ4v) is 2.61. The molecule has 0 radical (unpaired) electrons. The average Bonchev–Trinajstić information content (AvgIpc) is 3.11. The number of rotatable bonds is 5. The number of aryl methyl sites for hydroxylation is 1. The third-order valence-electron chi connectivity index (χ3n) is 3.89. The Bertz CT molecular complexity index is 520. The first kappa shape index (κ1) is 18.4. The molecular weight excluding hydrogens is 308 g/mol. The lowest BCUT2D eigenvalue weighted by molar-refractivity contribution is -0.144. The van der Waals surface area contributed by atoms with E-state index in [1.165, 1.54) is 7.11 Å². The molecule has 7 nitrogen and oxygen atoms in total. The Balaban J connectivity index is 0.00000242. The molecule has 1 amide bonds. The molecule has 1 aromatic rings. The number of ether oxygens (including phenoxy) is 1. The smallest absolute Gasteiger partial charge is 0.310 e. The number of amides is 1. The number of esters is 1. The standard InChI is InChI=1S/C14H22N4O3.ClH/c1-9(14(20)21-3)4-16-13(19)12-7-15-6-11(12)10-5-17-18(2)8-10;/h5,8-9,11-12,15H,4,6-7H2,1-3H3,(H,16,19);1H/t9?,11-,12+;/m1./s1. The van der Waals surface area contributed by atoms with Crippen LogP contribution in [-0.2, 0) is 21.4 Å². The Morgan fingerprint density at radius 2 is 2.27 bits per heavy atom. The van der Waals surface area contributed by atoms with Crippen molar-refractivity contribution in [3.05, 3.63) is 18.0 Å². The highest BCUT2D eigenvalue weighted by Crippen LogP contribution is 2.27. The minimum atomic E-state index is -0.342. The quantitative estimate of drug-likeness (QED) is 0.746. The van der Waals surface area contributed by atoms with E-state index in [0.29, 0.717) is 13.1 Å². The topological polar surface area (TPSA) is 85.2 Å². The highest BCUT2D eigenvalue weighted by Gasteiger charge is 2.34. The Kier molecular flexibility index (Phi) is 6.83. The first-order chi connectivity index (χ1) is 10.0. The normalized spacial score (nSPS) is 21.8. The number of halogens is 1. The predicted octanol–water partition coefficient (Wildman–Crippen LogP) is 0.0702. The van der Waals surface area contributed by atoms with Crippen LogP contribution in [0.5, 0.6) is 0 Å². The summed E-state index contributed by atoms with van der Waals surface area (Å²) >= 11 is 0. The molecule has 1 saturated heterocycles. The highest BCUT2D eigenvalue weighted by molar-refractivity contribution is 5.85. The monoisotopic (exact) mass is 330 g/mol. The van der Waals surface area contributed by atoms with Crippen molar-refractivity contribution in [2.24, 2.45) is 18.9 Å². The molecule has 0 bridgehead atoms. The molecule has 0 spiro atoms. The van der Waals surface area contributed by atoms with Gasteiger partial charge in [-0.25, -0.2) is 0 Å². The molecule has 0 saturated carbocycles. The van der Waals surface area contributed by atoms with Crippen LogP contribution in [0.2, 0.25) is 0 Å². The van der Waals surface area contributed by atoms with Crippen LogP contribution in [0.3, 0.4) is 0 Å². The number of hydrogen-bond acceptors (Lipinski definition) is 5. The Morgan fingerprint density at radius 1 is 1.55 bits per heavy atom. The van der Waals surface area contributed by atoms with E-state index in [4.69, 9.17) is 0 Å². The van der Waals surface area contributed by atoms with Crippen molar-refractivity contribution < 1.29 is 14.3 Å². The minimum absolute atomic E-state index is 0. The number of hydrogen-bond donors (Lipinski definition) is 2. The lowest BCUT2D eigenvalue weighted by atomic mass is 9.90. The van der Waals surface area contributed by atoms with E-state index >= 15 is 0 Å². The van der Waals surface area contributed by atoms with Crippen LogP contribution in [-0.4, -0.2) is 48.4 Å². The predicted molar refractivity (Wildman–Crippen MR) is 83.7 cm³/mol. The van der Waals surface area contributed by atoms with Crippen molar-refractivity contribution in [2.75, 3.05) is 26.7 Å². The van der Waals surface area contributed by atoms with E-state index in [9.17, 15) is 9.59 Å². The van der Waals surface area contributed by atoms with Crippen LogP contribution < -0.4 is 10.6 Å². The Morgan fingerprint density at radius 3 is 2.86 bits per heavy atom. The van der Waals surface area contributed by atoms with Crippen molar-refractivity contribution in [1.29, 1.82) is 0 Å². The lowest BCUT2D eigenvalue weighted by Crippen LogP contribution is -2.38. The molecule has 0 aliphatic carbocycles. The summed E-state index contributed by atoms with van der Waals surface area (Å²) in [6, 6.07) is 0. The van der Waals surface area contributed by atoms with Gasteiger partial charge in [0.15, 0.2) is 0 Å². The van der Waals surface area contributed by atoms with Gasteiger partial charge in [0.25, 0.3) is 0 Å². The summed E-state index contributed by atoms with van der Waals surface area (Å²) < 4.78 is 6.39. The average molecular weight is 331 g/mol. The minimum Gasteiger partial charge on any atom is -0.469 e. The van der Waals surface area contributed by atoms with Crippen LogP contribution >= 0.6 is 12.4 Å². The molecule has 2 heterocycles. The van der Waals surface area contributed by atoms with Gasteiger partial charge in [-0.3, -0.25) is 14.3 Å². The van der Waals surface area contributed by atoms with Crippen molar-refractivity contribution in [1.82, 2.24) is 20.4 Å². The van der Waals surface area contributed by atoms with Gasteiger partial charge in [-0.05, 0) is 5.56 Å². The molecular formula is C14H23ClN4O3. The van der Waals surface area contributed by atoms with Crippen LogP contribution in [0.15, 0.2) is 12.4 Å². The van der Waals surface area contributed by atoms with E-state index in [2.05, 4.69) is 20.5 Å². The number of aromatic nitrogens is 2. The summed E-state index contributed by atoms with van der Waals surface area (Å²) in [5.74, 6) is -0.718. The second-order valence-electron chi connectivity index (χ2n) is 5.49. The third kappa shape index (κ3) is 4.20.